The van der Waals surface area contributed by atoms with E-state index in [0.717, 1.165) is 25.2 Å². The van der Waals surface area contributed by atoms with Crippen LogP contribution in [0.4, 0.5) is 0 Å². The fraction of sp³-hybridized carbons (Fsp3) is 0.647. The quantitative estimate of drug-likeness (QED) is 0.459. The van der Waals surface area contributed by atoms with E-state index >= 15 is 0 Å². The number of pyridine rings is 1. The minimum Gasteiger partial charge on any atom is -0.370 e. The predicted octanol–water partition coefficient (Wildman–Crippen LogP) is 3.27. The van der Waals surface area contributed by atoms with Crippen molar-refractivity contribution in [3.05, 3.63) is 29.1 Å². The number of aryl methyl sites for hydroxylation is 2. The number of hydrogen-bond donors (Lipinski definition) is 1. The predicted molar refractivity (Wildman–Crippen MR) is 102 cm³/mol. The largest absolute Gasteiger partial charge is 0.370 e. The molecule has 22 heavy (non-hydrogen) atoms. The monoisotopic (exact) mass is 414 g/mol. The summed E-state index contributed by atoms with van der Waals surface area (Å²) in [5.41, 5.74) is 9.91. The Labute approximate surface area is 150 Å². The van der Waals surface area contributed by atoms with Crippen LogP contribution in [0.25, 0.3) is 0 Å². The first-order valence-corrected chi connectivity index (χ1v) is 8.35. The van der Waals surface area contributed by atoms with E-state index in [4.69, 9.17) is 10.7 Å². The van der Waals surface area contributed by atoms with E-state index in [1.165, 1.54) is 56.2 Å². The van der Waals surface area contributed by atoms with E-state index in [-0.39, 0.29) is 24.0 Å². The number of likely N-dealkylation sites (tertiary alicyclic amines) is 1. The zero-order valence-corrected chi connectivity index (χ0v) is 15.6. The van der Waals surface area contributed by atoms with Crippen molar-refractivity contribution in [2.75, 3.05) is 13.1 Å². The molecule has 1 saturated heterocycles. The molecule has 0 amide bonds. The first-order valence-electron chi connectivity index (χ1n) is 8.35. The molecule has 1 aromatic rings. The van der Waals surface area contributed by atoms with E-state index < -0.39 is 0 Å². The van der Waals surface area contributed by atoms with Gasteiger partial charge in [-0.3, -0.25) is 4.98 Å². The summed E-state index contributed by atoms with van der Waals surface area (Å²) < 4.78 is 0. The average Bonchev–Trinajstić information content (AvgIpc) is 2.81. The third kappa shape index (κ3) is 4.57. The second kappa shape index (κ2) is 8.70. The highest BCUT2D eigenvalue weighted by Gasteiger charge is 2.12. The highest BCUT2D eigenvalue weighted by Crippen LogP contribution is 2.19. The average molecular weight is 414 g/mol. The lowest BCUT2D eigenvalue weighted by Gasteiger charge is -2.21. The number of guanidine groups is 1. The molecule has 0 atom stereocenters. The number of nitrogens with zero attached hydrogens (tertiary/aromatic N) is 3. The van der Waals surface area contributed by atoms with Gasteiger partial charge in [-0.15, -0.1) is 24.0 Å². The Kier molecular flexibility index (Phi) is 6.92. The van der Waals surface area contributed by atoms with Gasteiger partial charge in [-0.2, -0.15) is 0 Å². The van der Waals surface area contributed by atoms with Crippen molar-refractivity contribution >= 4 is 29.9 Å². The molecule has 1 aromatic heterocycles. The molecule has 1 aliphatic heterocycles. The van der Waals surface area contributed by atoms with Crippen molar-refractivity contribution in [2.45, 2.75) is 57.9 Å². The standard InChI is InChI=1S/C17H26N4.HI/c18-17(21-11-5-1-2-6-12-21)19-13-15-10-9-14-7-3-4-8-16(14)20-15;/h9-10H,1-8,11-13H2,(H2,18,19);1H. The van der Waals surface area contributed by atoms with Crippen molar-refractivity contribution in [1.29, 1.82) is 0 Å². The summed E-state index contributed by atoms with van der Waals surface area (Å²) in [6, 6.07) is 4.35. The molecule has 4 nitrogen and oxygen atoms in total. The first-order chi connectivity index (χ1) is 10.3. The summed E-state index contributed by atoms with van der Waals surface area (Å²) in [6.07, 6.45) is 9.96. The zero-order valence-electron chi connectivity index (χ0n) is 13.3. The molecular formula is C17H27IN4. The van der Waals surface area contributed by atoms with Gasteiger partial charge in [-0.05, 0) is 50.2 Å². The Morgan fingerprint density at radius 3 is 2.55 bits per heavy atom. The van der Waals surface area contributed by atoms with E-state index in [2.05, 4.69) is 22.0 Å². The van der Waals surface area contributed by atoms with Crippen LogP contribution in [0.3, 0.4) is 0 Å². The molecule has 0 aromatic carbocycles. The van der Waals surface area contributed by atoms with E-state index in [9.17, 15) is 0 Å². The van der Waals surface area contributed by atoms with Crippen LogP contribution in [0.15, 0.2) is 17.1 Å². The number of aliphatic imine (C=N–C) groups is 1. The second-order valence-corrected chi connectivity index (χ2v) is 6.19. The molecule has 0 spiro atoms. The summed E-state index contributed by atoms with van der Waals surface area (Å²) in [6.45, 7) is 2.70. The third-order valence-electron chi connectivity index (χ3n) is 4.57. The second-order valence-electron chi connectivity index (χ2n) is 6.19. The van der Waals surface area contributed by atoms with Gasteiger partial charge in [-0.1, -0.05) is 18.9 Å². The van der Waals surface area contributed by atoms with Crippen molar-refractivity contribution in [1.82, 2.24) is 9.88 Å². The summed E-state index contributed by atoms with van der Waals surface area (Å²) in [7, 11) is 0. The zero-order chi connectivity index (χ0) is 14.5. The van der Waals surface area contributed by atoms with E-state index in [0.29, 0.717) is 12.5 Å². The maximum atomic E-state index is 6.15. The Hall–Kier alpha value is -0.850. The van der Waals surface area contributed by atoms with E-state index in [1.807, 2.05) is 0 Å². The molecule has 0 unspecified atom stereocenters. The number of fused-ring (bicyclic) bond motifs is 1. The van der Waals surface area contributed by atoms with Gasteiger partial charge in [0, 0.05) is 18.8 Å². The van der Waals surface area contributed by atoms with Crippen LogP contribution in [-0.2, 0) is 19.4 Å². The van der Waals surface area contributed by atoms with Gasteiger partial charge in [0.15, 0.2) is 5.96 Å². The molecule has 0 bridgehead atoms. The molecule has 1 aliphatic carbocycles. The van der Waals surface area contributed by atoms with Gasteiger partial charge in [-0.25, -0.2) is 4.99 Å². The Morgan fingerprint density at radius 1 is 1.05 bits per heavy atom. The Morgan fingerprint density at radius 2 is 1.77 bits per heavy atom. The fourth-order valence-electron chi connectivity index (χ4n) is 3.28. The lowest BCUT2D eigenvalue weighted by atomic mass is 9.96. The van der Waals surface area contributed by atoms with Crippen LogP contribution < -0.4 is 5.73 Å². The number of nitrogens with two attached hydrogens (primary N) is 1. The number of rotatable bonds is 2. The Bertz CT molecular complexity index is 507. The van der Waals surface area contributed by atoms with Crippen molar-refractivity contribution in [2.24, 2.45) is 10.7 Å². The maximum Gasteiger partial charge on any atom is 0.191 e. The molecule has 2 heterocycles. The topological polar surface area (TPSA) is 54.5 Å². The van der Waals surface area contributed by atoms with Gasteiger partial charge >= 0.3 is 0 Å². The van der Waals surface area contributed by atoms with Gasteiger partial charge in [0.2, 0.25) is 0 Å². The fourth-order valence-corrected chi connectivity index (χ4v) is 3.28. The molecule has 122 valence electrons. The van der Waals surface area contributed by atoms with Gasteiger partial charge in [0.25, 0.3) is 0 Å². The molecule has 5 heteroatoms. The smallest absolute Gasteiger partial charge is 0.191 e. The number of hydrogen-bond acceptors (Lipinski definition) is 2. The summed E-state index contributed by atoms with van der Waals surface area (Å²) in [5.74, 6) is 0.691. The van der Waals surface area contributed by atoms with Crippen molar-refractivity contribution in [3.63, 3.8) is 0 Å². The number of aromatic nitrogens is 1. The van der Waals surface area contributed by atoms with Crippen LogP contribution in [0, 0.1) is 0 Å². The minimum atomic E-state index is 0. The van der Waals surface area contributed by atoms with Crippen LogP contribution in [0.2, 0.25) is 0 Å². The van der Waals surface area contributed by atoms with Crippen LogP contribution in [0.1, 0.15) is 55.5 Å². The molecule has 1 fully saturated rings. The summed E-state index contributed by atoms with van der Waals surface area (Å²) in [4.78, 5) is 11.6. The highest BCUT2D eigenvalue weighted by molar-refractivity contribution is 14.0. The number of halogens is 1. The molecule has 0 radical (unpaired) electrons. The van der Waals surface area contributed by atoms with Gasteiger partial charge < -0.3 is 10.6 Å². The molecule has 0 saturated carbocycles. The van der Waals surface area contributed by atoms with Gasteiger partial charge in [0.1, 0.15) is 0 Å². The highest BCUT2D eigenvalue weighted by atomic mass is 127. The molecular weight excluding hydrogens is 387 g/mol. The third-order valence-corrected chi connectivity index (χ3v) is 4.57. The van der Waals surface area contributed by atoms with Gasteiger partial charge in [0.05, 0.1) is 12.2 Å². The summed E-state index contributed by atoms with van der Waals surface area (Å²) >= 11 is 0. The van der Waals surface area contributed by atoms with Crippen molar-refractivity contribution in [3.8, 4) is 0 Å². The minimum absolute atomic E-state index is 0. The SMILES string of the molecule is I.NC(=NCc1ccc2c(n1)CCCC2)N1CCCCCC1. The van der Waals surface area contributed by atoms with Crippen molar-refractivity contribution < 1.29 is 0 Å². The normalized spacial score (nSPS) is 19.1. The van der Waals surface area contributed by atoms with Crippen LogP contribution >= 0.6 is 24.0 Å². The van der Waals surface area contributed by atoms with Crippen LogP contribution in [0.5, 0.6) is 0 Å². The Balaban J connectivity index is 0.00000176. The molecule has 2 N–H and O–H groups in total. The maximum absolute atomic E-state index is 6.15. The lowest BCUT2D eigenvalue weighted by molar-refractivity contribution is 0.428. The first kappa shape index (κ1) is 17.5. The van der Waals surface area contributed by atoms with Crippen LogP contribution in [-0.4, -0.2) is 28.9 Å². The van der Waals surface area contributed by atoms with E-state index in [1.54, 1.807) is 0 Å². The lowest BCUT2D eigenvalue weighted by Crippen LogP contribution is -2.38. The molecule has 3 rings (SSSR count). The summed E-state index contributed by atoms with van der Waals surface area (Å²) in [5, 5.41) is 0. The molecule has 2 aliphatic rings.